The van der Waals surface area contributed by atoms with E-state index in [2.05, 4.69) is 52.5 Å². The number of benzene rings is 1. The Morgan fingerprint density at radius 3 is 2.43 bits per heavy atom. The maximum Gasteiger partial charge on any atom is 0.260 e. The summed E-state index contributed by atoms with van der Waals surface area (Å²) in [5, 5.41) is 15.8. The van der Waals surface area contributed by atoms with Gasteiger partial charge in [-0.05, 0) is 62.8 Å². The van der Waals surface area contributed by atoms with Crippen LogP contribution in [0.5, 0.6) is 0 Å². The third-order valence-electron chi connectivity index (χ3n) is 8.38. The third kappa shape index (κ3) is 5.18. The molecule has 0 saturated carbocycles. The average molecular weight is 500 g/mol. The number of rotatable bonds is 5. The molecular formula is C30H37N5O2. The average Bonchev–Trinajstić information content (AvgIpc) is 2.92. The second-order valence-electron chi connectivity index (χ2n) is 10.7. The molecule has 0 atom stereocenters. The van der Waals surface area contributed by atoms with Crippen LogP contribution < -0.4 is 10.0 Å². The molecule has 0 aliphatic carbocycles. The van der Waals surface area contributed by atoms with Crippen molar-refractivity contribution in [3.05, 3.63) is 83.0 Å². The Balaban J connectivity index is 1.18. The summed E-state index contributed by atoms with van der Waals surface area (Å²) in [7, 11) is 0. The quantitative estimate of drug-likeness (QED) is 0.411. The van der Waals surface area contributed by atoms with E-state index in [0.717, 1.165) is 60.4 Å². The number of carbonyl (C=O) groups excluding carboxylic acids is 1. The van der Waals surface area contributed by atoms with Crippen LogP contribution in [0.1, 0.15) is 54.2 Å². The molecule has 0 bridgehead atoms. The summed E-state index contributed by atoms with van der Waals surface area (Å²) in [6.45, 7) is 9.47. The van der Waals surface area contributed by atoms with Crippen molar-refractivity contribution in [3.63, 3.8) is 0 Å². The smallest absolute Gasteiger partial charge is 0.260 e. The van der Waals surface area contributed by atoms with Crippen LogP contribution >= 0.6 is 0 Å². The zero-order valence-electron chi connectivity index (χ0n) is 22.1. The third-order valence-corrected chi connectivity index (χ3v) is 8.38. The van der Waals surface area contributed by atoms with Crippen molar-refractivity contribution < 1.29 is 9.52 Å². The topological polar surface area (TPSA) is 75.4 Å². The van der Waals surface area contributed by atoms with Crippen molar-refractivity contribution in [2.75, 3.05) is 31.5 Å². The highest BCUT2D eigenvalue weighted by Crippen LogP contribution is 2.33. The molecule has 1 amide bonds. The van der Waals surface area contributed by atoms with E-state index in [4.69, 9.17) is 0 Å². The molecule has 2 aliphatic rings. The van der Waals surface area contributed by atoms with Crippen LogP contribution in [0.25, 0.3) is 11.1 Å². The van der Waals surface area contributed by atoms with Gasteiger partial charge >= 0.3 is 0 Å². The van der Waals surface area contributed by atoms with Gasteiger partial charge in [0, 0.05) is 62.5 Å². The van der Waals surface area contributed by atoms with E-state index >= 15 is 0 Å². The molecule has 7 nitrogen and oxygen atoms in total. The minimum Gasteiger partial charge on any atom is -0.618 e. The highest BCUT2D eigenvalue weighted by atomic mass is 16.5. The van der Waals surface area contributed by atoms with Crippen LogP contribution in [0, 0.1) is 19.1 Å². The first-order valence-electron chi connectivity index (χ1n) is 13.4. The van der Waals surface area contributed by atoms with Crippen LogP contribution in [-0.2, 0) is 0 Å². The lowest BCUT2D eigenvalue weighted by Crippen LogP contribution is -2.57. The Morgan fingerprint density at radius 1 is 1.03 bits per heavy atom. The Bertz CT molecular complexity index is 1250. The number of hydrogen-bond acceptors (Lipinski definition) is 5. The van der Waals surface area contributed by atoms with Gasteiger partial charge in [-0.15, -0.1) is 0 Å². The van der Waals surface area contributed by atoms with E-state index < -0.39 is 0 Å². The summed E-state index contributed by atoms with van der Waals surface area (Å²) in [6, 6.07) is 16.7. The molecule has 2 saturated heterocycles. The monoisotopic (exact) mass is 499 g/mol. The summed E-state index contributed by atoms with van der Waals surface area (Å²) in [5.74, 6) is 0.936. The number of anilines is 1. The lowest BCUT2D eigenvalue weighted by Gasteiger charge is -2.49. The Labute approximate surface area is 219 Å². The number of aryl methyl sites for hydroxylation is 1. The standard InChI is InChI=1S/C30H37N5O2/c1-22-11-19-35(37)23(2)27(22)29(36)33-20-14-30(3,15-21-33)34-17-12-25(13-18-34)32-28-26(10-7-16-31-28)24-8-5-4-6-9-24/h4-11,16,19,25H,12-15,17-18,20-21H2,1-3H3,(H,31,32). The first kappa shape index (κ1) is 25.2. The summed E-state index contributed by atoms with van der Waals surface area (Å²) in [5.41, 5.74) is 4.30. The molecule has 0 spiro atoms. The van der Waals surface area contributed by atoms with Gasteiger partial charge in [-0.3, -0.25) is 9.69 Å². The van der Waals surface area contributed by atoms with E-state index in [0.29, 0.717) is 30.4 Å². The molecule has 4 heterocycles. The summed E-state index contributed by atoms with van der Waals surface area (Å²) in [6.07, 6.45) is 7.34. The summed E-state index contributed by atoms with van der Waals surface area (Å²) < 4.78 is 0.792. The Kier molecular flexibility index (Phi) is 7.15. The normalized spacial score (nSPS) is 18.5. The van der Waals surface area contributed by atoms with Crippen molar-refractivity contribution in [2.45, 2.75) is 58.0 Å². The summed E-state index contributed by atoms with van der Waals surface area (Å²) >= 11 is 0. The Morgan fingerprint density at radius 2 is 1.73 bits per heavy atom. The number of hydrogen-bond donors (Lipinski definition) is 1. The SMILES string of the molecule is Cc1cc[n+]([O-])c(C)c1C(=O)N1CCC(C)(N2CCC(Nc3ncccc3-c3ccccc3)CC2)CC1. The lowest BCUT2D eigenvalue weighted by molar-refractivity contribution is -0.612. The molecule has 0 unspecified atom stereocenters. The van der Waals surface area contributed by atoms with Crippen LogP contribution in [0.4, 0.5) is 5.82 Å². The van der Waals surface area contributed by atoms with Gasteiger partial charge in [0.1, 0.15) is 11.4 Å². The number of piperidine rings is 2. The molecule has 37 heavy (non-hydrogen) atoms. The number of aromatic nitrogens is 2. The van der Waals surface area contributed by atoms with Crippen LogP contribution in [0.3, 0.4) is 0 Å². The molecule has 2 aliphatic heterocycles. The van der Waals surface area contributed by atoms with E-state index in [1.165, 1.54) is 11.8 Å². The van der Waals surface area contributed by atoms with E-state index in [1.807, 2.05) is 30.2 Å². The predicted octanol–water partition coefficient (Wildman–Crippen LogP) is 4.57. The second-order valence-corrected chi connectivity index (χ2v) is 10.7. The van der Waals surface area contributed by atoms with Crippen molar-refractivity contribution in [3.8, 4) is 11.1 Å². The minimum absolute atomic E-state index is 0.0188. The molecule has 1 N–H and O–H groups in total. The second kappa shape index (κ2) is 10.5. The molecule has 1 aromatic carbocycles. The van der Waals surface area contributed by atoms with E-state index in [1.54, 1.807) is 13.0 Å². The molecular weight excluding hydrogens is 462 g/mol. The van der Waals surface area contributed by atoms with Gasteiger partial charge < -0.3 is 15.4 Å². The minimum atomic E-state index is -0.0188. The first-order chi connectivity index (χ1) is 17.9. The van der Waals surface area contributed by atoms with Crippen LogP contribution in [-0.4, -0.2) is 58.5 Å². The molecule has 7 heteroatoms. The molecule has 0 radical (unpaired) electrons. The fourth-order valence-corrected chi connectivity index (χ4v) is 5.89. The maximum atomic E-state index is 13.3. The van der Waals surface area contributed by atoms with Gasteiger partial charge in [0.25, 0.3) is 5.91 Å². The summed E-state index contributed by atoms with van der Waals surface area (Å²) in [4.78, 5) is 22.5. The van der Waals surface area contributed by atoms with Gasteiger partial charge in [0.05, 0.1) is 0 Å². The maximum absolute atomic E-state index is 13.3. The number of nitrogens with one attached hydrogen (secondary N) is 1. The van der Waals surface area contributed by atoms with Crippen molar-refractivity contribution in [1.29, 1.82) is 0 Å². The molecule has 5 rings (SSSR count). The highest BCUT2D eigenvalue weighted by Gasteiger charge is 2.39. The molecule has 2 aromatic heterocycles. The number of carbonyl (C=O) groups is 1. The number of nitrogens with zero attached hydrogens (tertiary/aromatic N) is 4. The number of amides is 1. The molecule has 3 aromatic rings. The van der Waals surface area contributed by atoms with Crippen LogP contribution in [0.15, 0.2) is 60.9 Å². The zero-order chi connectivity index (χ0) is 26.0. The molecule has 194 valence electrons. The lowest BCUT2D eigenvalue weighted by atomic mass is 9.85. The predicted molar refractivity (Wildman–Crippen MR) is 146 cm³/mol. The van der Waals surface area contributed by atoms with Gasteiger partial charge in [-0.25, -0.2) is 4.98 Å². The van der Waals surface area contributed by atoms with Crippen molar-refractivity contribution in [1.82, 2.24) is 14.8 Å². The van der Waals surface area contributed by atoms with Crippen LogP contribution in [0.2, 0.25) is 0 Å². The van der Waals surface area contributed by atoms with E-state index in [9.17, 15) is 10.0 Å². The largest absolute Gasteiger partial charge is 0.618 e. The first-order valence-corrected chi connectivity index (χ1v) is 13.4. The van der Waals surface area contributed by atoms with Gasteiger partial charge in [0.15, 0.2) is 6.20 Å². The Hall–Kier alpha value is -3.45. The molecule has 2 fully saturated rings. The van der Waals surface area contributed by atoms with Crippen molar-refractivity contribution in [2.24, 2.45) is 0 Å². The van der Waals surface area contributed by atoms with E-state index in [-0.39, 0.29) is 11.4 Å². The zero-order valence-corrected chi connectivity index (χ0v) is 22.1. The number of likely N-dealkylation sites (tertiary alicyclic amines) is 2. The fourth-order valence-electron chi connectivity index (χ4n) is 5.89. The number of pyridine rings is 2. The fraction of sp³-hybridized carbons (Fsp3) is 0.433. The van der Waals surface area contributed by atoms with Crippen molar-refractivity contribution >= 4 is 11.7 Å². The van der Waals surface area contributed by atoms with Gasteiger partial charge in [-0.1, -0.05) is 30.3 Å². The van der Waals surface area contributed by atoms with Gasteiger partial charge in [0.2, 0.25) is 5.69 Å². The highest BCUT2D eigenvalue weighted by molar-refractivity contribution is 5.96. The van der Waals surface area contributed by atoms with Gasteiger partial charge in [-0.2, -0.15) is 4.73 Å².